The molecule has 1 unspecified atom stereocenters. The van der Waals surface area contributed by atoms with Crippen molar-refractivity contribution < 1.29 is 9.90 Å². The summed E-state index contributed by atoms with van der Waals surface area (Å²) in [4.78, 5) is 15.9. The molecule has 0 amide bonds. The van der Waals surface area contributed by atoms with E-state index >= 15 is 0 Å². The lowest BCUT2D eigenvalue weighted by Gasteiger charge is -2.47. The molecule has 3 N–H and O–H groups in total. The Morgan fingerprint density at radius 1 is 0.857 bits per heavy atom. The summed E-state index contributed by atoms with van der Waals surface area (Å²) in [7, 11) is 0. The number of hydrogen-bond acceptors (Lipinski definition) is 2. The molecular weight excluding hydrogens is 432 g/mol. The van der Waals surface area contributed by atoms with Gasteiger partial charge in [-0.15, -0.1) is 0 Å². The highest BCUT2D eigenvalue weighted by Crippen LogP contribution is 2.51. The van der Waals surface area contributed by atoms with Crippen LogP contribution < -0.4 is 5.32 Å². The Kier molecular flexibility index (Phi) is 5.69. The van der Waals surface area contributed by atoms with Crippen LogP contribution in [0.1, 0.15) is 55.0 Å². The van der Waals surface area contributed by atoms with Gasteiger partial charge in [0.25, 0.3) is 0 Å². The van der Waals surface area contributed by atoms with Crippen molar-refractivity contribution in [3.8, 4) is 11.1 Å². The van der Waals surface area contributed by atoms with Crippen LogP contribution in [0.2, 0.25) is 0 Å². The number of rotatable bonds is 5. The molecule has 2 heterocycles. The largest absolute Gasteiger partial charge is 0.480 e. The molecule has 1 aromatic heterocycles. The van der Waals surface area contributed by atoms with Crippen LogP contribution in [0.5, 0.6) is 0 Å². The van der Waals surface area contributed by atoms with Crippen molar-refractivity contribution in [2.24, 2.45) is 5.41 Å². The summed E-state index contributed by atoms with van der Waals surface area (Å²) >= 11 is 0. The zero-order valence-corrected chi connectivity index (χ0v) is 20.0. The fourth-order valence-corrected chi connectivity index (χ4v) is 6.55. The monoisotopic (exact) mass is 464 g/mol. The number of carbonyl (C=O) groups is 1. The molecule has 1 aliphatic heterocycles. The fraction of sp³-hybridized carbons (Fsp3) is 0.323. The standard InChI is InChI=1S/C31H32N2O2/c34-30(35)27-19-25-24-11-5-6-12-26(24)32-28(25)29(33-27)31(17-7-2-8-18-31)20-21-13-15-23(16-14-21)22-9-3-1-4-10-22/h1,3-6,9-16,27,29,32-33H,2,7-8,17-20H2,(H,34,35)/t27?,29-/m1/s1. The lowest BCUT2D eigenvalue weighted by molar-refractivity contribution is -0.140. The Balaban J connectivity index is 1.39. The second-order valence-corrected chi connectivity index (χ2v) is 10.4. The molecule has 178 valence electrons. The number of hydrogen-bond donors (Lipinski definition) is 3. The number of aromatic nitrogens is 1. The number of para-hydroxylation sites is 1. The average Bonchev–Trinajstić information content (AvgIpc) is 3.28. The summed E-state index contributed by atoms with van der Waals surface area (Å²) in [5.74, 6) is -0.760. The van der Waals surface area contributed by atoms with Crippen LogP contribution in [0, 0.1) is 5.41 Å². The van der Waals surface area contributed by atoms with Gasteiger partial charge >= 0.3 is 5.97 Å². The maximum Gasteiger partial charge on any atom is 0.321 e. The maximum absolute atomic E-state index is 12.2. The minimum Gasteiger partial charge on any atom is -0.480 e. The van der Waals surface area contributed by atoms with Gasteiger partial charge in [-0.3, -0.25) is 10.1 Å². The predicted molar refractivity (Wildman–Crippen MR) is 140 cm³/mol. The highest BCUT2D eigenvalue weighted by atomic mass is 16.4. The Hall–Kier alpha value is -3.37. The van der Waals surface area contributed by atoms with E-state index in [4.69, 9.17) is 0 Å². The van der Waals surface area contributed by atoms with Gasteiger partial charge in [0.15, 0.2) is 0 Å². The van der Waals surface area contributed by atoms with Crippen LogP contribution in [0.15, 0.2) is 78.9 Å². The Labute approximate surface area is 206 Å². The molecule has 3 aromatic carbocycles. The van der Waals surface area contributed by atoms with E-state index in [-0.39, 0.29) is 11.5 Å². The van der Waals surface area contributed by atoms with Crippen molar-refractivity contribution in [1.82, 2.24) is 10.3 Å². The van der Waals surface area contributed by atoms with Gasteiger partial charge in [0.1, 0.15) is 6.04 Å². The van der Waals surface area contributed by atoms with Gasteiger partial charge in [0.05, 0.1) is 6.04 Å². The lowest BCUT2D eigenvalue weighted by atomic mass is 9.63. The average molecular weight is 465 g/mol. The highest BCUT2D eigenvalue weighted by Gasteiger charge is 2.46. The normalized spacial score (nSPS) is 21.5. The van der Waals surface area contributed by atoms with Crippen LogP contribution in [0.25, 0.3) is 22.0 Å². The maximum atomic E-state index is 12.2. The van der Waals surface area contributed by atoms with E-state index in [0.29, 0.717) is 6.42 Å². The predicted octanol–water partition coefficient (Wildman–Crippen LogP) is 6.67. The number of benzene rings is 3. The molecule has 0 radical (unpaired) electrons. The summed E-state index contributed by atoms with van der Waals surface area (Å²) in [5, 5.41) is 14.8. The van der Waals surface area contributed by atoms with Gasteiger partial charge in [0.2, 0.25) is 0 Å². The molecular formula is C31H32N2O2. The lowest BCUT2D eigenvalue weighted by Crippen LogP contribution is -2.51. The van der Waals surface area contributed by atoms with E-state index in [9.17, 15) is 9.90 Å². The van der Waals surface area contributed by atoms with Crippen molar-refractivity contribution in [2.45, 2.75) is 57.0 Å². The molecule has 1 aliphatic carbocycles. The number of carboxylic acid groups (broad SMARTS) is 1. The first-order valence-corrected chi connectivity index (χ1v) is 12.9. The number of fused-ring (bicyclic) bond motifs is 3. The van der Waals surface area contributed by atoms with Crippen LogP contribution in [-0.2, 0) is 17.6 Å². The number of aliphatic carboxylic acids is 1. The third kappa shape index (κ3) is 4.06. The van der Waals surface area contributed by atoms with Crippen LogP contribution >= 0.6 is 0 Å². The first-order valence-electron chi connectivity index (χ1n) is 12.9. The zero-order valence-electron chi connectivity index (χ0n) is 20.0. The Morgan fingerprint density at radius 2 is 1.54 bits per heavy atom. The van der Waals surface area contributed by atoms with Gasteiger partial charge in [-0.05, 0) is 53.0 Å². The van der Waals surface area contributed by atoms with Gasteiger partial charge < -0.3 is 10.1 Å². The molecule has 1 fully saturated rings. The topological polar surface area (TPSA) is 65.1 Å². The molecule has 6 rings (SSSR count). The molecule has 0 saturated heterocycles. The smallest absolute Gasteiger partial charge is 0.321 e. The summed E-state index contributed by atoms with van der Waals surface area (Å²) in [6.45, 7) is 0. The molecule has 4 heteroatoms. The van der Waals surface area contributed by atoms with Crippen molar-refractivity contribution in [2.75, 3.05) is 0 Å². The molecule has 1 saturated carbocycles. The second-order valence-electron chi connectivity index (χ2n) is 10.4. The van der Waals surface area contributed by atoms with Crippen molar-refractivity contribution in [1.29, 1.82) is 0 Å². The number of carboxylic acids is 1. The number of nitrogens with one attached hydrogen (secondary N) is 2. The molecule has 4 nitrogen and oxygen atoms in total. The molecule has 2 aliphatic rings. The number of H-pyrrole nitrogens is 1. The zero-order chi connectivity index (χ0) is 23.8. The van der Waals surface area contributed by atoms with Crippen molar-refractivity contribution in [3.05, 3.63) is 95.7 Å². The molecule has 2 atom stereocenters. The van der Waals surface area contributed by atoms with E-state index in [1.54, 1.807) is 0 Å². The van der Waals surface area contributed by atoms with E-state index < -0.39 is 12.0 Å². The van der Waals surface area contributed by atoms with Crippen molar-refractivity contribution >= 4 is 16.9 Å². The molecule has 35 heavy (non-hydrogen) atoms. The van der Waals surface area contributed by atoms with E-state index in [1.165, 1.54) is 52.6 Å². The molecule has 4 aromatic rings. The first-order chi connectivity index (χ1) is 17.1. The third-order valence-electron chi connectivity index (χ3n) is 8.29. The van der Waals surface area contributed by atoms with Gasteiger partial charge in [0, 0.05) is 23.0 Å². The minimum atomic E-state index is -0.760. The highest BCUT2D eigenvalue weighted by molar-refractivity contribution is 5.87. The summed E-state index contributed by atoms with van der Waals surface area (Å²) in [5.41, 5.74) is 7.25. The SMILES string of the molecule is O=C(O)C1Cc2c([nH]c3ccccc23)[C@H](C2(Cc3ccc(-c4ccccc4)cc3)CCCCC2)N1. The van der Waals surface area contributed by atoms with E-state index in [2.05, 4.69) is 71.0 Å². The Bertz CT molecular complexity index is 1330. The molecule has 0 bridgehead atoms. The van der Waals surface area contributed by atoms with Gasteiger partial charge in [-0.25, -0.2) is 0 Å². The van der Waals surface area contributed by atoms with Gasteiger partial charge in [-0.1, -0.05) is 92.1 Å². The van der Waals surface area contributed by atoms with E-state index in [0.717, 1.165) is 24.8 Å². The second kappa shape index (κ2) is 9.01. The first kappa shape index (κ1) is 22.1. The quantitative estimate of drug-likeness (QED) is 0.309. The van der Waals surface area contributed by atoms with Crippen LogP contribution in [0.3, 0.4) is 0 Å². The minimum absolute atomic E-state index is 0.00569. The van der Waals surface area contributed by atoms with Crippen molar-refractivity contribution in [3.63, 3.8) is 0 Å². The summed E-state index contributed by atoms with van der Waals surface area (Å²) < 4.78 is 0. The summed E-state index contributed by atoms with van der Waals surface area (Å²) in [6.07, 6.45) is 7.30. The van der Waals surface area contributed by atoms with Crippen LogP contribution in [0.4, 0.5) is 0 Å². The molecule has 0 spiro atoms. The Morgan fingerprint density at radius 3 is 2.29 bits per heavy atom. The third-order valence-corrected chi connectivity index (χ3v) is 8.29. The van der Waals surface area contributed by atoms with Gasteiger partial charge in [-0.2, -0.15) is 0 Å². The van der Waals surface area contributed by atoms with E-state index in [1.807, 2.05) is 18.2 Å². The number of aromatic amines is 1. The summed E-state index contributed by atoms with van der Waals surface area (Å²) in [6, 6.07) is 27.2. The van der Waals surface area contributed by atoms with Crippen LogP contribution in [-0.4, -0.2) is 22.1 Å². The fourth-order valence-electron chi connectivity index (χ4n) is 6.55.